The molecule has 0 saturated carbocycles. The number of rotatable bonds is 8. The molecule has 152 valence electrons. The number of esters is 1. The highest BCUT2D eigenvalue weighted by Gasteiger charge is 2.16. The summed E-state index contributed by atoms with van der Waals surface area (Å²) in [5.74, 6) is -0.142. The lowest BCUT2D eigenvalue weighted by Gasteiger charge is -2.13. The zero-order valence-corrected chi connectivity index (χ0v) is 16.8. The quantitative estimate of drug-likeness (QED) is 0.376. The Hall–Kier alpha value is -2.87. The molecule has 2 aromatic carbocycles. The van der Waals surface area contributed by atoms with E-state index >= 15 is 0 Å². The molecule has 3 aromatic rings. The Labute approximate surface area is 171 Å². The van der Waals surface area contributed by atoms with Crippen molar-refractivity contribution < 1.29 is 23.0 Å². The first-order valence-corrected chi connectivity index (χ1v) is 9.95. The molecule has 0 aliphatic carbocycles. The van der Waals surface area contributed by atoms with Crippen molar-refractivity contribution in [3.63, 3.8) is 0 Å². The van der Waals surface area contributed by atoms with Gasteiger partial charge in [-0.2, -0.15) is 8.78 Å². The van der Waals surface area contributed by atoms with E-state index in [1.165, 1.54) is 23.9 Å². The van der Waals surface area contributed by atoms with Crippen LogP contribution in [0.4, 0.5) is 8.78 Å². The van der Waals surface area contributed by atoms with E-state index in [0.717, 1.165) is 16.8 Å². The van der Waals surface area contributed by atoms with Crippen LogP contribution in [0.15, 0.2) is 59.9 Å². The van der Waals surface area contributed by atoms with Gasteiger partial charge < -0.3 is 9.47 Å². The average Bonchev–Trinajstić information content (AvgIpc) is 3.11. The molecule has 0 saturated heterocycles. The molecule has 8 heteroatoms. The van der Waals surface area contributed by atoms with Crippen molar-refractivity contribution in [1.29, 1.82) is 0 Å². The predicted molar refractivity (Wildman–Crippen MR) is 108 cm³/mol. The second-order valence-corrected chi connectivity index (χ2v) is 7.04. The van der Waals surface area contributed by atoms with Gasteiger partial charge in [-0.05, 0) is 38.1 Å². The lowest BCUT2D eigenvalue weighted by Crippen LogP contribution is -2.08. The van der Waals surface area contributed by atoms with E-state index in [-0.39, 0.29) is 17.5 Å². The molecule has 0 bridgehead atoms. The number of hydrogen-bond acceptors (Lipinski definition) is 5. The van der Waals surface area contributed by atoms with E-state index < -0.39 is 6.61 Å². The minimum absolute atomic E-state index is 0.0708. The Morgan fingerprint density at radius 1 is 1.14 bits per heavy atom. The molecule has 5 nitrogen and oxygen atoms in total. The van der Waals surface area contributed by atoms with Crippen LogP contribution in [-0.2, 0) is 9.53 Å². The SMILES string of the molecule is CCOC(=O)CSc1ncc(-c2ccc(C)cc2)n1-c1ccc(OC(F)F)cc1. The Morgan fingerprint density at radius 2 is 1.83 bits per heavy atom. The summed E-state index contributed by atoms with van der Waals surface area (Å²) in [4.78, 5) is 16.2. The third kappa shape index (κ3) is 5.35. The summed E-state index contributed by atoms with van der Waals surface area (Å²) in [6.07, 6.45) is 1.72. The second kappa shape index (κ2) is 9.56. The Balaban J connectivity index is 1.97. The van der Waals surface area contributed by atoms with Crippen molar-refractivity contribution >= 4 is 17.7 Å². The number of aryl methyl sites for hydroxylation is 1. The number of aromatic nitrogens is 2. The second-order valence-electron chi connectivity index (χ2n) is 6.09. The van der Waals surface area contributed by atoms with Crippen LogP contribution in [0.5, 0.6) is 5.75 Å². The van der Waals surface area contributed by atoms with E-state index in [9.17, 15) is 13.6 Å². The van der Waals surface area contributed by atoms with Crippen molar-refractivity contribution in [1.82, 2.24) is 9.55 Å². The molecule has 0 fully saturated rings. The minimum Gasteiger partial charge on any atom is -0.465 e. The lowest BCUT2D eigenvalue weighted by atomic mass is 10.1. The van der Waals surface area contributed by atoms with E-state index in [1.807, 2.05) is 35.8 Å². The van der Waals surface area contributed by atoms with Gasteiger partial charge in [-0.3, -0.25) is 9.36 Å². The smallest absolute Gasteiger partial charge is 0.387 e. The maximum Gasteiger partial charge on any atom is 0.387 e. The van der Waals surface area contributed by atoms with Crippen molar-refractivity contribution in [2.24, 2.45) is 0 Å². The van der Waals surface area contributed by atoms with E-state index in [2.05, 4.69) is 9.72 Å². The lowest BCUT2D eigenvalue weighted by molar-refractivity contribution is -0.139. The third-order valence-corrected chi connectivity index (χ3v) is 4.95. The molecule has 1 heterocycles. The van der Waals surface area contributed by atoms with Gasteiger partial charge in [0.25, 0.3) is 0 Å². The first-order chi connectivity index (χ1) is 14.0. The number of ether oxygens (including phenoxy) is 2. The van der Waals surface area contributed by atoms with Gasteiger partial charge in [0.2, 0.25) is 0 Å². The van der Waals surface area contributed by atoms with Gasteiger partial charge >= 0.3 is 12.6 Å². The van der Waals surface area contributed by atoms with Gasteiger partial charge in [0.1, 0.15) is 5.75 Å². The van der Waals surface area contributed by atoms with Gasteiger partial charge in [-0.25, -0.2) is 4.98 Å². The number of carbonyl (C=O) groups excluding carboxylic acids is 1. The van der Waals surface area contributed by atoms with Gasteiger partial charge in [0.05, 0.1) is 24.3 Å². The maximum atomic E-state index is 12.4. The highest BCUT2D eigenvalue weighted by molar-refractivity contribution is 7.99. The molecule has 3 rings (SSSR count). The average molecular weight is 418 g/mol. The zero-order chi connectivity index (χ0) is 20.8. The van der Waals surface area contributed by atoms with Crippen LogP contribution < -0.4 is 4.74 Å². The summed E-state index contributed by atoms with van der Waals surface area (Å²) in [5.41, 5.74) is 3.61. The van der Waals surface area contributed by atoms with Gasteiger partial charge in [0.15, 0.2) is 5.16 Å². The summed E-state index contributed by atoms with van der Waals surface area (Å²) in [7, 11) is 0. The minimum atomic E-state index is -2.88. The highest BCUT2D eigenvalue weighted by Crippen LogP contribution is 2.31. The summed E-state index contributed by atoms with van der Waals surface area (Å²) < 4.78 is 36.1. The molecule has 0 aliphatic heterocycles. The van der Waals surface area contributed by atoms with Crippen molar-refractivity contribution in [3.8, 4) is 22.7 Å². The number of hydrogen-bond donors (Lipinski definition) is 0. The van der Waals surface area contributed by atoms with Crippen molar-refractivity contribution in [2.45, 2.75) is 25.6 Å². The fourth-order valence-electron chi connectivity index (χ4n) is 2.72. The van der Waals surface area contributed by atoms with Gasteiger partial charge in [-0.1, -0.05) is 41.6 Å². The van der Waals surface area contributed by atoms with Gasteiger partial charge in [0, 0.05) is 11.3 Å². The van der Waals surface area contributed by atoms with Gasteiger partial charge in [-0.15, -0.1) is 0 Å². The Bertz CT molecular complexity index is 957. The number of nitrogens with zero attached hydrogens (tertiary/aromatic N) is 2. The number of benzene rings is 2. The fourth-order valence-corrected chi connectivity index (χ4v) is 3.51. The fraction of sp³-hybridized carbons (Fsp3) is 0.238. The summed E-state index contributed by atoms with van der Waals surface area (Å²) in [6, 6.07) is 14.3. The number of thioether (sulfide) groups is 1. The number of imidazole rings is 1. The van der Waals surface area contributed by atoms with Crippen LogP contribution in [0, 0.1) is 6.92 Å². The normalized spacial score (nSPS) is 10.9. The van der Waals surface area contributed by atoms with Crippen LogP contribution in [-0.4, -0.2) is 34.5 Å². The first kappa shape index (κ1) is 20.9. The molecule has 0 atom stereocenters. The molecule has 0 N–H and O–H groups in total. The standard InChI is InChI=1S/C21H20F2N2O3S/c1-3-27-19(26)13-29-21-24-12-18(15-6-4-14(2)5-7-15)25(21)16-8-10-17(11-9-16)28-20(22)23/h4-12,20H,3,13H2,1-2H3. The summed E-state index contributed by atoms with van der Waals surface area (Å²) >= 11 is 1.25. The predicted octanol–water partition coefficient (Wildman–Crippen LogP) is 5.10. The van der Waals surface area contributed by atoms with E-state index in [0.29, 0.717) is 17.5 Å². The van der Waals surface area contributed by atoms with Crippen LogP contribution in [0.1, 0.15) is 12.5 Å². The van der Waals surface area contributed by atoms with Crippen LogP contribution in [0.2, 0.25) is 0 Å². The molecule has 0 radical (unpaired) electrons. The number of alkyl halides is 2. The highest BCUT2D eigenvalue weighted by atomic mass is 32.2. The topological polar surface area (TPSA) is 53.3 Å². The van der Waals surface area contributed by atoms with Crippen LogP contribution in [0.3, 0.4) is 0 Å². The molecular formula is C21H20F2N2O3S. The Kier molecular flexibility index (Phi) is 6.87. The zero-order valence-electron chi connectivity index (χ0n) is 16.0. The van der Waals surface area contributed by atoms with Crippen molar-refractivity contribution in [3.05, 3.63) is 60.3 Å². The molecule has 0 unspecified atom stereocenters. The Morgan fingerprint density at radius 3 is 2.45 bits per heavy atom. The monoisotopic (exact) mass is 418 g/mol. The third-order valence-electron chi connectivity index (χ3n) is 4.02. The molecule has 29 heavy (non-hydrogen) atoms. The summed E-state index contributed by atoms with van der Waals surface area (Å²) in [6.45, 7) is 1.19. The number of carbonyl (C=O) groups is 1. The largest absolute Gasteiger partial charge is 0.465 e. The van der Waals surface area contributed by atoms with Crippen LogP contribution in [0.25, 0.3) is 16.9 Å². The molecule has 0 spiro atoms. The molecular weight excluding hydrogens is 398 g/mol. The van der Waals surface area contributed by atoms with E-state index in [4.69, 9.17) is 4.74 Å². The van der Waals surface area contributed by atoms with Crippen LogP contribution >= 0.6 is 11.8 Å². The summed E-state index contributed by atoms with van der Waals surface area (Å²) in [5, 5.41) is 0.594. The first-order valence-electron chi connectivity index (χ1n) is 8.96. The molecule has 0 amide bonds. The van der Waals surface area contributed by atoms with E-state index in [1.54, 1.807) is 25.3 Å². The number of halogens is 2. The maximum absolute atomic E-state index is 12.4. The molecule has 1 aromatic heterocycles. The van der Waals surface area contributed by atoms with Crippen molar-refractivity contribution in [2.75, 3.05) is 12.4 Å². The molecule has 0 aliphatic rings.